The summed E-state index contributed by atoms with van der Waals surface area (Å²) in [4.78, 5) is 15.2. The maximum atomic E-state index is 13.0. The van der Waals surface area contributed by atoms with Crippen molar-refractivity contribution in [3.05, 3.63) is 71.3 Å². The smallest absolute Gasteiger partial charge is 0.354 e. The Kier molecular flexibility index (Phi) is 6.96. The Hall–Kier alpha value is -2.34. The predicted molar refractivity (Wildman–Crippen MR) is 107 cm³/mol. The molecule has 0 saturated carbocycles. The van der Waals surface area contributed by atoms with Crippen LogP contribution in [0.4, 0.5) is 13.2 Å². The van der Waals surface area contributed by atoms with Gasteiger partial charge in [0.1, 0.15) is 6.04 Å². The number of rotatable bonds is 6. The van der Waals surface area contributed by atoms with Crippen molar-refractivity contribution in [1.82, 2.24) is 10.2 Å². The minimum absolute atomic E-state index is 0.0577. The number of benzene rings is 2. The van der Waals surface area contributed by atoms with Gasteiger partial charge in [-0.1, -0.05) is 49.4 Å². The van der Waals surface area contributed by atoms with Gasteiger partial charge in [0, 0.05) is 6.54 Å². The summed E-state index contributed by atoms with van der Waals surface area (Å²) < 4.78 is 38.0. The van der Waals surface area contributed by atoms with E-state index in [-0.39, 0.29) is 11.9 Å². The molecule has 1 N–H and O–H groups in total. The van der Waals surface area contributed by atoms with Crippen LogP contribution in [0.25, 0.3) is 0 Å². The van der Waals surface area contributed by atoms with Crippen molar-refractivity contribution in [3.8, 4) is 0 Å². The van der Waals surface area contributed by atoms with Gasteiger partial charge in [0.05, 0.1) is 5.56 Å². The summed E-state index contributed by atoms with van der Waals surface area (Å²) in [5.41, 5.74) is 1.07. The van der Waals surface area contributed by atoms with E-state index in [9.17, 15) is 18.0 Å². The number of carbonyl (C=O) groups is 1. The van der Waals surface area contributed by atoms with E-state index < -0.39 is 11.7 Å². The van der Waals surface area contributed by atoms with Gasteiger partial charge < -0.3 is 5.32 Å². The zero-order valence-electron chi connectivity index (χ0n) is 16.6. The highest BCUT2D eigenvalue weighted by Crippen LogP contribution is 2.29. The first-order valence-corrected chi connectivity index (χ1v) is 10.1. The van der Waals surface area contributed by atoms with Gasteiger partial charge in [0.25, 0.3) is 0 Å². The molecule has 2 aromatic carbocycles. The van der Waals surface area contributed by atoms with Crippen LogP contribution in [-0.2, 0) is 17.4 Å². The number of nitrogens with zero attached hydrogens (tertiary/aromatic N) is 1. The quantitative estimate of drug-likeness (QED) is 0.747. The number of hydrogen-bond acceptors (Lipinski definition) is 2. The van der Waals surface area contributed by atoms with E-state index in [0.717, 1.165) is 49.2 Å². The largest absolute Gasteiger partial charge is 0.416 e. The Morgan fingerprint density at radius 3 is 2.28 bits per heavy atom. The number of piperidine rings is 1. The van der Waals surface area contributed by atoms with Gasteiger partial charge in [-0.15, -0.1) is 0 Å². The highest BCUT2D eigenvalue weighted by Gasteiger charge is 2.31. The second kappa shape index (κ2) is 9.44. The molecule has 156 valence electrons. The molecule has 1 heterocycles. The standard InChI is InChI=1S/C23H27F3N2O/c1-17-12-15-28(16-13-17)21(19-5-3-2-4-6-19)22(29)27-14-11-18-7-9-20(10-8-18)23(24,25)26/h2-10,17,21H,11-16H2,1H3,(H,27,29). The molecule has 1 saturated heterocycles. The molecular weight excluding hydrogens is 377 g/mol. The number of halogens is 3. The Bertz CT molecular complexity index is 782. The number of amides is 1. The summed E-state index contributed by atoms with van der Waals surface area (Å²) in [7, 11) is 0. The summed E-state index contributed by atoms with van der Waals surface area (Å²) in [5, 5.41) is 2.98. The van der Waals surface area contributed by atoms with Crippen molar-refractivity contribution in [3.63, 3.8) is 0 Å². The molecule has 1 unspecified atom stereocenters. The molecule has 1 aliphatic rings. The fourth-order valence-electron chi connectivity index (χ4n) is 3.74. The van der Waals surface area contributed by atoms with Gasteiger partial charge in [-0.3, -0.25) is 9.69 Å². The number of nitrogens with one attached hydrogen (secondary N) is 1. The summed E-state index contributed by atoms with van der Waals surface area (Å²) >= 11 is 0. The van der Waals surface area contributed by atoms with E-state index in [1.807, 2.05) is 30.3 Å². The van der Waals surface area contributed by atoms with E-state index in [1.54, 1.807) is 0 Å². The van der Waals surface area contributed by atoms with E-state index in [1.165, 1.54) is 12.1 Å². The van der Waals surface area contributed by atoms with Gasteiger partial charge in [0.15, 0.2) is 0 Å². The molecule has 1 amide bonds. The van der Waals surface area contributed by atoms with Gasteiger partial charge >= 0.3 is 6.18 Å². The van der Waals surface area contributed by atoms with Crippen molar-refractivity contribution in [2.24, 2.45) is 5.92 Å². The summed E-state index contributed by atoms with van der Waals surface area (Å²) in [6.07, 6.45) is -1.70. The van der Waals surface area contributed by atoms with Crippen molar-refractivity contribution < 1.29 is 18.0 Å². The third kappa shape index (κ3) is 5.82. The van der Waals surface area contributed by atoms with Crippen LogP contribution in [0.2, 0.25) is 0 Å². The third-order valence-electron chi connectivity index (χ3n) is 5.54. The maximum absolute atomic E-state index is 13.0. The molecule has 0 radical (unpaired) electrons. The first-order valence-electron chi connectivity index (χ1n) is 10.1. The Labute approximate surface area is 169 Å². The second-order valence-electron chi connectivity index (χ2n) is 7.77. The normalized spacial score (nSPS) is 17.1. The Morgan fingerprint density at radius 1 is 1.07 bits per heavy atom. The van der Waals surface area contributed by atoms with Crippen molar-refractivity contribution >= 4 is 5.91 Å². The lowest BCUT2D eigenvalue weighted by Gasteiger charge is -2.36. The maximum Gasteiger partial charge on any atom is 0.416 e. The molecule has 3 nitrogen and oxygen atoms in total. The van der Waals surface area contributed by atoms with Gasteiger partial charge in [-0.05, 0) is 61.5 Å². The first-order chi connectivity index (χ1) is 13.8. The second-order valence-corrected chi connectivity index (χ2v) is 7.77. The molecule has 29 heavy (non-hydrogen) atoms. The number of alkyl halides is 3. The fourth-order valence-corrected chi connectivity index (χ4v) is 3.74. The third-order valence-corrected chi connectivity index (χ3v) is 5.54. The van der Waals surface area contributed by atoms with Crippen LogP contribution in [0.15, 0.2) is 54.6 Å². The molecule has 0 aliphatic carbocycles. The average molecular weight is 404 g/mol. The van der Waals surface area contributed by atoms with Crippen molar-refractivity contribution in [1.29, 1.82) is 0 Å². The highest BCUT2D eigenvalue weighted by atomic mass is 19.4. The first kappa shape index (κ1) is 21.4. The van der Waals surface area contributed by atoms with Crippen LogP contribution in [0.5, 0.6) is 0 Å². The number of carbonyl (C=O) groups excluding carboxylic acids is 1. The van der Waals surface area contributed by atoms with Crippen LogP contribution in [0, 0.1) is 5.92 Å². The van der Waals surface area contributed by atoms with Crippen LogP contribution in [0.1, 0.15) is 42.5 Å². The summed E-state index contributed by atoms with van der Waals surface area (Å²) in [5.74, 6) is 0.614. The topological polar surface area (TPSA) is 32.3 Å². The van der Waals surface area contributed by atoms with Crippen LogP contribution in [-0.4, -0.2) is 30.4 Å². The zero-order valence-corrected chi connectivity index (χ0v) is 16.6. The number of likely N-dealkylation sites (tertiary alicyclic amines) is 1. The van der Waals surface area contributed by atoms with E-state index in [2.05, 4.69) is 17.1 Å². The lowest BCUT2D eigenvalue weighted by atomic mass is 9.95. The molecule has 0 spiro atoms. The molecule has 6 heteroatoms. The van der Waals surface area contributed by atoms with Gasteiger partial charge in [-0.25, -0.2) is 0 Å². The monoisotopic (exact) mass is 404 g/mol. The average Bonchev–Trinajstić information content (AvgIpc) is 2.70. The molecule has 3 rings (SSSR count). The molecular formula is C23H27F3N2O. The lowest BCUT2D eigenvalue weighted by molar-refractivity contribution is -0.137. The lowest BCUT2D eigenvalue weighted by Crippen LogP contribution is -2.44. The molecule has 1 atom stereocenters. The van der Waals surface area contributed by atoms with Gasteiger partial charge in [-0.2, -0.15) is 13.2 Å². The molecule has 2 aromatic rings. The van der Waals surface area contributed by atoms with Crippen LogP contribution >= 0.6 is 0 Å². The fraction of sp³-hybridized carbons (Fsp3) is 0.435. The van der Waals surface area contributed by atoms with E-state index in [0.29, 0.717) is 18.9 Å². The summed E-state index contributed by atoms with van der Waals surface area (Å²) in [6, 6.07) is 14.5. The van der Waals surface area contributed by atoms with Crippen molar-refractivity contribution in [2.45, 2.75) is 38.4 Å². The molecule has 1 fully saturated rings. The molecule has 1 aliphatic heterocycles. The van der Waals surface area contributed by atoms with Gasteiger partial charge in [0.2, 0.25) is 5.91 Å². The van der Waals surface area contributed by atoms with E-state index >= 15 is 0 Å². The predicted octanol–water partition coefficient (Wildman–Crippen LogP) is 4.84. The van der Waals surface area contributed by atoms with Crippen LogP contribution < -0.4 is 5.32 Å². The minimum Gasteiger partial charge on any atom is -0.354 e. The SMILES string of the molecule is CC1CCN(C(C(=O)NCCc2ccc(C(F)(F)F)cc2)c2ccccc2)CC1. The Morgan fingerprint density at radius 2 is 1.69 bits per heavy atom. The highest BCUT2D eigenvalue weighted by molar-refractivity contribution is 5.83. The number of hydrogen-bond donors (Lipinski definition) is 1. The molecule has 0 aromatic heterocycles. The van der Waals surface area contributed by atoms with E-state index in [4.69, 9.17) is 0 Å². The van der Waals surface area contributed by atoms with Crippen LogP contribution in [0.3, 0.4) is 0 Å². The minimum atomic E-state index is -4.33. The molecule has 0 bridgehead atoms. The summed E-state index contributed by atoms with van der Waals surface area (Å²) in [6.45, 7) is 4.39. The Balaban J connectivity index is 1.61. The zero-order chi connectivity index (χ0) is 20.9. The van der Waals surface area contributed by atoms with Crippen molar-refractivity contribution in [2.75, 3.05) is 19.6 Å².